The van der Waals surface area contributed by atoms with E-state index in [1.165, 1.54) is 0 Å². The molecule has 7 nitrogen and oxygen atoms in total. The monoisotopic (exact) mass is 325 g/mol. The maximum absolute atomic E-state index is 12.8. The van der Waals surface area contributed by atoms with Crippen molar-refractivity contribution in [3.63, 3.8) is 0 Å². The minimum Gasteiger partial charge on any atom is -0.481 e. The van der Waals surface area contributed by atoms with Crippen LogP contribution in [-0.2, 0) is 19.6 Å². The fourth-order valence-corrected chi connectivity index (χ4v) is 3.02. The van der Waals surface area contributed by atoms with Gasteiger partial charge in [0.15, 0.2) is 0 Å². The summed E-state index contributed by atoms with van der Waals surface area (Å²) in [6.07, 6.45) is -0.951. The van der Waals surface area contributed by atoms with Gasteiger partial charge in [0, 0.05) is 0 Å². The number of nitrogens with one attached hydrogen (secondary N) is 1. The number of hydrogen-bond donors (Lipinski definition) is 3. The Kier molecular flexibility index (Phi) is 5.03. The van der Waals surface area contributed by atoms with Gasteiger partial charge in [0.1, 0.15) is 16.8 Å². The third-order valence-corrected chi connectivity index (χ3v) is 4.11. The van der Waals surface area contributed by atoms with Crippen LogP contribution >= 0.6 is 11.6 Å². The van der Waals surface area contributed by atoms with Gasteiger partial charge in [0.2, 0.25) is 10.0 Å². The summed E-state index contributed by atoms with van der Waals surface area (Å²) in [7, 11) is -4.39. The maximum atomic E-state index is 12.8. The summed E-state index contributed by atoms with van der Waals surface area (Å²) in [5.41, 5.74) is 0. The molecule has 0 aromatic heterocycles. The van der Waals surface area contributed by atoms with E-state index in [1.807, 2.05) is 0 Å². The molecule has 110 valence electrons. The molecule has 1 aromatic carbocycles. The minimum atomic E-state index is -4.39. The van der Waals surface area contributed by atoms with Gasteiger partial charge >= 0.3 is 11.9 Å². The number of hydrogen-bond acceptors (Lipinski definition) is 4. The molecule has 3 N–H and O–H groups in total. The van der Waals surface area contributed by atoms with Crippen molar-refractivity contribution in [1.82, 2.24) is 4.72 Å². The summed E-state index contributed by atoms with van der Waals surface area (Å²) >= 11 is 5.56. The van der Waals surface area contributed by atoms with Crippen molar-refractivity contribution in [2.45, 2.75) is 17.4 Å². The normalized spacial score (nSPS) is 12.9. The smallest absolute Gasteiger partial charge is 0.322 e. The molecule has 1 rings (SSSR count). The molecule has 1 aromatic rings. The highest BCUT2D eigenvalue weighted by atomic mass is 35.5. The molecule has 0 saturated carbocycles. The molecule has 0 radical (unpaired) electrons. The van der Waals surface area contributed by atoms with E-state index in [-0.39, 0.29) is 0 Å². The van der Waals surface area contributed by atoms with Gasteiger partial charge in [0.25, 0.3) is 0 Å². The molecule has 20 heavy (non-hydrogen) atoms. The van der Waals surface area contributed by atoms with Crippen LogP contribution < -0.4 is 4.72 Å². The van der Waals surface area contributed by atoms with Crippen LogP contribution in [0, 0.1) is 5.82 Å². The Morgan fingerprint density at radius 3 is 2.40 bits per heavy atom. The number of halogens is 2. The number of carboxylic acid groups (broad SMARTS) is 2. The van der Waals surface area contributed by atoms with E-state index >= 15 is 0 Å². The Morgan fingerprint density at radius 2 is 1.95 bits per heavy atom. The lowest BCUT2D eigenvalue weighted by molar-refractivity contribution is -0.145. The first-order valence-electron chi connectivity index (χ1n) is 5.05. The van der Waals surface area contributed by atoms with Crippen LogP contribution in [0.3, 0.4) is 0 Å². The van der Waals surface area contributed by atoms with Gasteiger partial charge in [-0.3, -0.25) is 9.59 Å². The number of carboxylic acids is 2. The maximum Gasteiger partial charge on any atom is 0.322 e. The van der Waals surface area contributed by atoms with E-state index in [1.54, 1.807) is 4.72 Å². The van der Waals surface area contributed by atoms with Crippen LogP contribution in [0.4, 0.5) is 4.39 Å². The molecule has 0 spiro atoms. The second kappa shape index (κ2) is 6.16. The van der Waals surface area contributed by atoms with Gasteiger partial charge < -0.3 is 10.2 Å². The third-order valence-electron chi connectivity index (χ3n) is 2.16. The molecule has 1 unspecified atom stereocenters. The number of aliphatic carboxylic acids is 2. The molecular formula is C10H9ClFNO6S. The van der Waals surface area contributed by atoms with Crippen molar-refractivity contribution in [3.8, 4) is 0 Å². The Labute approximate surface area is 118 Å². The first kappa shape index (κ1) is 16.3. The highest BCUT2D eigenvalue weighted by molar-refractivity contribution is 7.89. The largest absolute Gasteiger partial charge is 0.481 e. The third kappa shape index (κ3) is 4.15. The predicted molar refractivity (Wildman–Crippen MR) is 65.4 cm³/mol. The van der Waals surface area contributed by atoms with Crippen LogP contribution in [0.25, 0.3) is 0 Å². The first-order chi connectivity index (χ1) is 9.13. The molecule has 0 bridgehead atoms. The van der Waals surface area contributed by atoms with Gasteiger partial charge in [0.05, 0.1) is 11.4 Å². The van der Waals surface area contributed by atoms with E-state index in [4.69, 9.17) is 21.8 Å². The fourth-order valence-electron chi connectivity index (χ4n) is 1.30. The van der Waals surface area contributed by atoms with Gasteiger partial charge in [-0.05, 0) is 18.2 Å². The van der Waals surface area contributed by atoms with Gasteiger partial charge in [-0.1, -0.05) is 11.6 Å². The topological polar surface area (TPSA) is 121 Å². The zero-order valence-corrected chi connectivity index (χ0v) is 11.3. The van der Waals surface area contributed by atoms with Crippen LogP contribution in [-0.4, -0.2) is 36.6 Å². The van der Waals surface area contributed by atoms with E-state index in [0.717, 1.165) is 18.2 Å². The molecule has 0 fully saturated rings. The molecule has 1 atom stereocenters. The Balaban J connectivity index is 3.09. The molecule has 10 heteroatoms. The lowest BCUT2D eigenvalue weighted by Crippen LogP contribution is -2.42. The quantitative estimate of drug-likeness (QED) is 0.707. The van der Waals surface area contributed by atoms with Gasteiger partial charge in [-0.15, -0.1) is 0 Å². The van der Waals surface area contributed by atoms with Crippen molar-refractivity contribution in [2.24, 2.45) is 0 Å². The number of sulfonamides is 1. The lowest BCUT2D eigenvalue weighted by atomic mass is 10.2. The average molecular weight is 326 g/mol. The highest BCUT2D eigenvalue weighted by Gasteiger charge is 2.28. The molecule has 0 saturated heterocycles. The SMILES string of the molecule is O=C(O)CC(NS(=O)(=O)c1ccc(F)cc1Cl)C(=O)O. The Morgan fingerprint density at radius 1 is 1.35 bits per heavy atom. The van der Waals surface area contributed by atoms with E-state index in [2.05, 4.69) is 0 Å². The number of rotatable bonds is 6. The number of benzene rings is 1. The van der Waals surface area contributed by atoms with Gasteiger partial charge in [-0.2, -0.15) is 4.72 Å². The zero-order valence-electron chi connectivity index (χ0n) is 9.71. The first-order valence-corrected chi connectivity index (χ1v) is 6.91. The molecule has 0 aliphatic rings. The van der Waals surface area contributed by atoms with E-state index < -0.39 is 50.2 Å². The summed E-state index contributed by atoms with van der Waals surface area (Å²) in [5.74, 6) is -3.92. The fraction of sp³-hybridized carbons (Fsp3) is 0.200. The van der Waals surface area contributed by atoms with Crippen molar-refractivity contribution >= 4 is 33.6 Å². The Bertz CT molecular complexity index is 647. The highest BCUT2D eigenvalue weighted by Crippen LogP contribution is 2.22. The van der Waals surface area contributed by atoms with Crippen molar-refractivity contribution in [1.29, 1.82) is 0 Å². The minimum absolute atomic E-state index is 0.447. The van der Waals surface area contributed by atoms with Crippen LogP contribution in [0.2, 0.25) is 5.02 Å². The summed E-state index contributed by atoms with van der Waals surface area (Å²) in [5, 5.41) is 16.8. The van der Waals surface area contributed by atoms with Gasteiger partial charge in [-0.25, -0.2) is 12.8 Å². The Hall–Kier alpha value is -1.71. The second-order valence-corrected chi connectivity index (χ2v) is 5.77. The number of carbonyl (C=O) groups is 2. The standard InChI is InChI=1S/C10H9ClFNO6S/c11-6-3-5(12)1-2-8(6)20(18,19)13-7(10(16)17)4-9(14)15/h1-3,7,13H,4H2,(H,14,15)(H,16,17). The van der Waals surface area contributed by atoms with Crippen LogP contribution in [0.1, 0.15) is 6.42 Å². The van der Waals surface area contributed by atoms with Crippen LogP contribution in [0.5, 0.6) is 0 Å². The van der Waals surface area contributed by atoms with E-state index in [9.17, 15) is 22.4 Å². The van der Waals surface area contributed by atoms with Crippen LogP contribution in [0.15, 0.2) is 23.1 Å². The predicted octanol–water partition coefficient (Wildman–Crippen LogP) is 0.685. The molecule has 0 amide bonds. The molecule has 0 aliphatic heterocycles. The lowest BCUT2D eigenvalue weighted by Gasteiger charge is -2.13. The zero-order chi connectivity index (χ0) is 15.5. The molecule has 0 heterocycles. The average Bonchev–Trinajstić information content (AvgIpc) is 2.26. The van der Waals surface area contributed by atoms with E-state index in [0.29, 0.717) is 0 Å². The van der Waals surface area contributed by atoms with Crippen molar-refractivity contribution in [2.75, 3.05) is 0 Å². The van der Waals surface area contributed by atoms with Crippen molar-refractivity contribution in [3.05, 3.63) is 29.0 Å². The van der Waals surface area contributed by atoms with Crippen molar-refractivity contribution < 1.29 is 32.6 Å². The molecule has 0 aliphatic carbocycles. The second-order valence-electron chi connectivity index (χ2n) is 3.68. The summed E-state index contributed by atoms with van der Waals surface area (Å²) in [6.45, 7) is 0. The molecular weight excluding hydrogens is 317 g/mol. The summed E-state index contributed by atoms with van der Waals surface area (Å²) in [6, 6.07) is 0.550. The summed E-state index contributed by atoms with van der Waals surface area (Å²) in [4.78, 5) is 20.7. The summed E-state index contributed by atoms with van der Waals surface area (Å²) < 4.78 is 38.3.